The quantitative estimate of drug-likeness (QED) is 0.611. The van der Waals surface area contributed by atoms with Gasteiger partial charge >= 0.3 is 0 Å². The van der Waals surface area contributed by atoms with Crippen LogP contribution in [-0.2, 0) is 0 Å². The third kappa shape index (κ3) is 1.04. The van der Waals surface area contributed by atoms with Crippen molar-refractivity contribution in [3.8, 4) is 6.07 Å². The van der Waals surface area contributed by atoms with Gasteiger partial charge in [-0.05, 0) is 12.1 Å². The molecular formula is C11H5N3O2. The van der Waals surface area contributed by atoms with Gasteiger partial charge in [0.05, 0.1) is 0 Å². The van der Waals surface area contributed by atoms with Crippen LogP contribution in [0, 0.1) is 11.3 Å². The smallest absolute Gasteiger partial charge is 0.268 e. The molecule has 76 valence electrons. The van der Waals surface area contributed by atoms with Crippen molar-refractivity contribution in [2.45, 2.75) is 0 Å². The van der Waals surface area contributed by atoms with Crippen molar-refractivity contribution in [2.24, 2.45) is 0 Å². The molecule has 0 saturated carbocycles. The molecule has 1 N–H and O–H groups in total. The van der Waals surface area contributed by atoms with E-state index in [-0.39, 0.29) is 5.56 Å². The molecule has 0 unspecified atom stereocenters. The van der Waals surface area contributed by atoms with E-state index in [4.69, 9.17) is 9.68 Å². The molecule has 0 saturated heterocycles. The van der Waals surface area contributed by atoms with E-state index in [9.17, 15) is 4.79 Å². The maximum Gasteiger partial charge on any atom is 0.268 e. The summed E-state index contributed by atoms with van der Waals surface area (Å²) in [7, 11) is 0. The van der Waals surface area contributed by atoms with Crippen LogP contribution in [0.25, 0.3) is 22.1 Å². The Morgan fingerprint density at radius 2 is 2.31 bits per heavy atom. The molecule has 0 aliphatic rings. The zero-order chi connectivity index (χ0) is 11.1. The summed E-state index contributed by atoms with van der Waals surface area (Å²) >= 11 is 0. The summed E-state index contributed by atoms with van der Waals surface area (Å²) in [6.45, 7) is 0. The summed E-state index contributed by atoms with van der Waals surface area (Å²) in [4.78, 5) is 17.9. The monoisotopic (exact) mass is 211 g/mol. The minimum absolute atomic E-state index is 0.0686. The van der Waals surface area contributed by atoms with Gasteiger partial charge in [0.15, 0.2) is 0 Å². The molecule has 3 rings (SSSR count). The van der Waals surface area contributed by atoms with E-state index in [1.807, 2.05) is 6.07 Å². The average Bonchev–Trinajstić information content (AvgIpc) is 2.65. The van der Waals surface area contributed by atoms with Crippen molar-refractivity contribution < 1.29 is 4.42 Å². The van der Waals surface area contributed by atoms with Crippen molar-refractivity contribution in [3.63, 3.8) is 0 Å². The van der Waals surface area contributed by atoms with Gasteiger partial charge in [0.2, 0.25) is 5.71 Å². The van der Waals surface area contributed by atoms with Gasteiger partial charge in [-0.15, -0.1) is 0 Å². The topological polar surface area (TPSA) is 82.7 Å². The molecule has 0 aliphatic carbocycles. The lowest BCUT2D eigenvalue weighted by Crippen LogP contribution is -2.08. The Morgan fingerprint density at radius 1 is 1.44 bits per heavy atom. The first-order valence-electron chi connectivity index (χ1n) is 4.59. The number of H-pyrrole nitrogens is 1. The predicted octanol–water partition coefficient (Wildman–Crippen LogP) is 1.54. The second kappa shape index (κ2) is 2.94. The Labute approximate surface area is 88.9 Å². The minimum Gasteiger partial charge on any atom is -0.440 e. The van der Waals surface area contributed by atoms with Crippen LogP contribution in [0.2, 0.25) is 0 Å². The van der Waals surface area contributed by atoms with Gasteiger partial charge in [-0.25, -0.2) is 0 Å². The first kappa shape index (κ1) is 8.68. The van der Waals surface area contributed by atoms with Crippen molar-refractivity contribution in [3.05, 3.63) is 40.4 Å². The Morgan fingerprint density at radius 3 is 3.12 bits per heavy atom. The van der Waals surface area contributed by atoms with Gasteiger partial charge in [0, 0.05) is 23.2 Å². The molecule has 0 bridgehead atoms. The Bertz CT molecular complexity index is 792. The molecule has 16 heavy (non-hydrogen) atoms. The second-order valence-corrected chi connectivity index (χ2v) is 3.34. The van der Waals surface area contributed by atoms with E-state index < -0.39 is 5.56 Å². The summed E-state index contributed by atoms with van der Waals surface area (Å²) in [6.07, 6.45) is 3.24. The van der Waals surface area contributed by atoms with Gasteiger partial charge in [-0.1, -0.05) is 0 Å². The highest BCUT2D eigenvalue weighted by Crippen LogP contribution is 2.25. The molecule has 0 radical (unpaired) electrons. The molecule has 0 spiro atoms. The minimum atomic E-state index is -0.443. The Balaban J connectivity index is 2.58. The van der Waals surface area contributed by atoms with E-state index in [1.165, 1.54) is 6.07 Å². The lowest BCUT2D eigenvalue weighted by atomic mass is 10.2. The third-order valence-electron chi connectivity index (χ3n) is 2.41. The fraction of sp³-hybridized carbons (Fsp3) is 0. The highest BCUT2D eigenvalue weighted by Gasteiger charge is 2.09. The second-order valence-electron chi connectivity index (χ2n) is 3.34. The van der Waals surface area contributed by atoms with Crippen molar-refractivity contribution in [1.29, 1.82) is 5.26 Å². The van der Waals surface area contributed by atoms with Gasteiger partial charge in [0.1, 0.15) is 17.2 Å². The number of rotatable bonds is 0. The number of pyridine rings is 2. The number of aromatic nitrogens is 2. The summed E-state index contributed by atoms with van der Waals surface area (Å²) < 4.78 is 5.43. The van der Waals surface area contributed by atoms with E-state index >= 15 is 0 Å². The SMILES string of the molecule is N#Cc1cc2c([nH]c1=O)oc1ccncc12. The van der Waals surface area contributed by atoms with Crippen LogP contribution in [0.5, 0.6) is 0 Å². The molecule has 3 aromatic rings. The van der Waals surface area contributed by atoms with E-state index in [2.05, 4.69) is 9.97 Å². The molecule has 0 amide bonds. The summed E-state index contributed by atoms with van der Waals surface area (Å²) in [5.74, 6) is 0. The molecule has 0 atom stereocenters. The van der Waals surface area contributed by atoms with Crippen molar-refractivity contribution >= 4 is 22.1 Å². The van der Waals surface area contributed by atoms with Crippen LogP contribution in [0.3, 0.4) is 0 Å². The first-order chi connectivity index (χ1) is 7.79. The van der Waals surface area contributed by atoms with Gasteiger partial charge < -0.3 is 4.42 Å². The molecule has 3 aromatic heterocycles. The first-order valence-corrected chi connectivity index (χ1v) is 4.59. The van der Waals surface area contributed by atoms with Crippen LogP contribution in [-0.4, -0.2) is 9.97 Å². The summed E-state index contributed by atoms with van der Waals surface area (Å²) in [5.41, 5.74) is 0.629. The van der Waals surface area contributed by atoms with E-state index in [0.29, 0.717) is 16.7 Å². The number of hydrogen-bond donors (Lipinski definition) is 1. The lowest BCUT2D eigenvalue weighted by molar-refractivity contribution is 0.652. The molecular weight excluding hydrogens is 206 g/mol. The van der Waals surface area contributed by atoms with E-state index in [0.717, 1.165) is 5.39 Å². The largest absolute Gasteiger partial charge is 0.440 e. The molecule has 0 aliphatic heterocycles. The van der Waals surface area contributed by atoms with Crippen molar-refractivity contribution in [1.82, 2.24) is 9.97 Å². The highest BCUT2D eigenvalue weighted by atomic mass is 16.3. The summed E-state index contributed by atoms with van der Waals surface area (Å²) in [6, 6.07) is 5.06. The fourth-order valence-corrected chi connectivity index (χ4v) is 1.66. The van der Waals surface area contributed by atoms with Crippen LogP contribution in [0.15, 0.2) is 33.7 Å². The Hall–Kier alpha value is -2.61. The lowest BCUT2D eigenvalue weighted by Gasteiger charge is -1.89. The fourth-order valence-electron chi connectivity index (χ4n) is 1.66. The van der Waals surface area contributed by atoms with Gasteiger partial charge in [-0.2, -0.15) is 5.26 Å². The average molecular weight is 211 g/mol. The summed E-state index contributed by atoms with van der Waals surface area (Å²) in [5, 5.41) is 10.2. The van der Waals surface area contributed by atoms with Crippen LogP contribution in [0.4, 0.5) is 0 Å². The standard InChI is InChI=1S/C11H5N3O2/c12-4-6-3-7-8-5-13-2-1-9(8)16-11(7)14-10(6)15/h1-3,5H,(H,14,15). The molecule has 0 aromatic carbocycles. The van der Waals surface area contributed by atoms with Crippen molar-refractivity contribution in [2.75, 3.05) is 0 Å². The normalized spacial score (nSPS) is 10.7. The molecule has 0 fully saturated rings. The zero-order valence-corrected chi connectivity index (χ0v) is 8.02. The number of nitriles is 1. The number of fused-ring (bicyclic) bond motifs is 3. The molecule has 3 heterocycles. The van der Waals surface area contributed by atoms with Gasteiger partial charge in [-0.3, -0.25) is 14.8 Å². The zero-order valence-electron chi connectivity index (χ0n) is 8.02. The maximum absolute atomic E-state index is 11.4. The van der Waals surface area contributed by atoms with Gasteiger partial charge in [0.25, 0.3) is 5.56 Å². The number of hydrogen-bond acceptors (Lipinski definition) is 4. The number of aromatic amines is 1. The number of nitrogens with one attached hydrogen (secondary N) is 1. The predicted molar refractivity (Wildman–Crippen MR) is 56.9 cm³/mol. The third-order valence-corrected chi connectivity index (χ3v) is 2.41. The van der Waals surface area contributed by atoms with Crippen LogP contribution in [0.1, 0.15) is 5.56 Å². The molecule has 5 heteroatoms. The Kier molecular flexibility index (Phi) is 1.59. The highest BCUT2D eigenvalue weighted by molar-refractivity contribution is 6.03. The maximum atomic E-state index is 11.4. The van der Waals surface area contributed by atoms with Crippen LogP contribution < -0.4 is 5.56 Å². The number of furan rings is 1. The number of nitrogens with zero attached hydrogens (tertiary/aromatic N) is 2. The van der Waals surface area contributed by atoms with Crippen LogP contribution >= 0.6 is 0 Å². The molecule has 5 nitrogen and oxygen atoms in total. The van der Waals surface area contributed by atoms with E-state index in [1.54, 1.807) is 18.5 Å².